The minimum Gasteiger partial charge on any atom is -0.465 e. The molecule has 0 fully saturated rings. The number of rotatable bonds is 3. The Bertz CT molecular complexity index is 421. The molecule has 0 aromatic carbocycles. The molecule has 0 amide bonds. The Labute approximate surface area is 109 Å². The summed E-state index contributed by atoms with van der Waals surface area (Å²) in [6.45, 7) is 8.26. The van der Waals surface area contributed by atoms with E-state index in [0.29, 0.717) is 12.4 Å². The zero-order valence-corrected chi connectivity index (χ0v) is 12.2. The average Bonchev–Trinajstić information content (AvgIpc) is 2.46. The first-order valence-corrected chi connectivity index (χ1v) is 6.24. The normalized spacial score (nSPS) is 11.6. The highest BCUT2D eigenvalue weighted by Crippen LogP contribution is 2.32. The van der Waals surface area contributed by atoms with Crippen molar-refractivity contribution in [3.8, 4) is 0 Å². The van der Waals surface area contributed by atoms with Gasteiger partial charge in [-0.2, -0.15) is 5.10 Å². The molecule has 0 spiro atoms. The molecule has 1 aromatic heterocycles. The summed E-state index contributed by atoms with van der Waals surface area (Å²) >= 11 is 3.41. The van der Waals surface area contributed by atoms with Gasteiger partial charge in [0.1, 0.15) is 12.4 Å². The zero-order valence-electron chi connectivity index (χ0n) is 10.6. The maximum atomic E-state index is 11.4. The van der Waals surface area contributed by atoms with E-state index in [4.69, 9.17) is 10.5 Å². The molecule has 1 rings (SSSR count). The lowest BCUT2D eigenvalue weighted by Crippen LogP contribution is -2.17. The highest BCUT2D eigenvalue weighted by Gasteiger charge is 2.25. The number of halogens is 1. The number of hydrogen-bond acceptors (Lipinski definition) is 4. The summed E-state index contributed by atoms with van der Waals surface area (Å²) in [4.78, 5) is 11.4. The number of carbonyl (C=O) groups excluding carboxylic acids is 1. The molecule has 96 valence electrons. The fourth-order valence-corrected chi connectivity index (χ4v) is 2.26. The Hall–Kier alpha value is -1.04. The minimum atomic E-state index is -0.338. The SMILES string of the molecule is CCOC(=O)Cn1nc(C(C)(C)C)c(Br)c1N. The summed E-state index contributed by atoms with van der Waals surface area (Å²) in [5.74, 6) is 0.109. The number of aromatic nitrogens is 2. The molecule has 17 heavy (non-hydrogen) atoms. The van der Waals surface area contributed by atoms with Crippen LogP contribution in [0, 0.1) is 0 Å². The molecule has 1 heterocycles. The van der Waals surface area contributed by atoms with Gasteiger partial charge in [-0.15, -0.1) is 0 Å². The minimum absolute atomic E-state index is 0.0361. The maximum absolute atomic E-state index is 11.4. The first-order chi connectivity index (χ1) is 7.77. The molecular weight excluding hydrogens is 286 g/mol. The number of nitrogen functional groups attached to an aromatic ring is 1. The third-order valence-electron chi connectivity index (χ3n) is 2.23. The summed E-state index contributed by atoms with van der Waals surface area (Å²) in [6.07, 6.45) is 0. The highest BCUT2D eigenvalue weighted by molar-refractivity contribution is 9.10. The Kier molecular flexibility index (Phi) is 4.19. The van der Waals surface area contributed by atoms with Crippen molar-refractivity contribution in [2.75, 3.05) is 12.3 Å². The first kappa shape index (κ1) is 14.0. The largest absolute Gasteiger partial charge is 0.465 e. The Morgan fingerprint density at radius 3 is 2.53 bits per heavy atom. The molecule has 0 radical (unpaired) electrons. The van der Waals surface area contributed by atoms with Crippen molar-refractivity contribution in [1.82, 2.24) is 9.78 Å². The van der Waals surface area contributed by atoms with E-state index in [2.05, 4.69) is 21.0 Å². The standard InChI is InChI=1S/C11H18BrN3O2/c1-5-17-7(16)6-15-10(13)8(12)9(14-15)11(2,3)4/h5-6,13H2,1-4H3. The maximum Gasteiger partial charge on any atom is 0.327 e. The quantitative estimate of drug-likeness (QED) is 0.868. The van der Waals surface area contributed by atoms with Crippen molar-refractivity contribution < 1.29 is 9.53 Å². The highest BCUT2D eigenvalue weighted by atomic mass is 79.9. The molecule has 0 bridgehead atoms. The van der Waals surface area contributed by atoms with Gasteiger partial charge in [-0.3, -0.25) is 4.79 Å². The van der Waals surface area contributed by atoms with Crippen LogP contribution in [-0.4, -0.2) is 22.4 Å². The van der Waals surface area contributed by atoms with Gasteiger partial charge in [0.25, 0.3) is 0 Å². The van der Waals surface area contributed by atoms with Crippen LogP contribution >= 0.6 is 15.9 Å². The van der Waals surface area contributed by atoms with Crippen LogP contribution in [0.5, 0.6) is 0 Å². The summed E-state index contributed by atoms with van der Waals surface area (Å²) in [6, 6.07) is 0. The van der Waals surface area contributed by atoms with E-state index in [1.54, 1.807) is 6.92 Å². The molecule has 0 unspecified atom stereocenters. The summed E-state index contributed by atoms with van der Waals surface area (Å²) in [5.41, 5.74) is 6.59. The molecule has 0 aliphatic rings. The van der Waals surface area contributed by atoms with Crippen molar-refractivity contribution in [2.24, 2.45) is 0 Å². The predicted octanol–water partition coefficient (Wildman–Crippen LogP) is 2.09. The number of nitrogens with two attached hydrogens (primary N) is 1. The molecular formula is C11H18BrN3O2. The third-order valence-corrected chi connectivity index (χ3v) is 3.01. The number of hydrogen-bond donors (Lipinski definition) is 1. The number of carbonyl (C=O) groups is 1. The summed E-state index contributed by atoms with van der Waals surface area (Å²) < 4.78 is 7.07. The van der Waals surface area contributed by atoms with E-state index in [0.717, 1.165) is 10.2 Å². The van der Waals surface area contributed by atoms with Crippen molar-refractivity contribution in [3.05, 3.63) is 10.2 Å². The molecule has 1 aromatic rings. The van der Waals surface area contributed by atoms with Gasteiger partial charge in [0.05, 0.1) is 16.8 Å². The van der Waals surface area contributed by atoms with Crippen LogP contribution in [0.25, 0.3) is 0 Å². The predicted molar refractivity (Wildman–Crippen MR) is 69.7 cm³/mol. The third kappa shape index (κ3) is 3.21. The van der Waals surface area contributed by atoms with E-state index in [-0.39, 0.29) is 17.9 Å². The number of esters is 1. The number of nitrogens with zero attached hydrogens (tertiary/aromatic N) is 2. The van der Waals surface area contributed by atoms with Crippen molar-refractivity contribution in [3.63, 3.8) is 0 Å². The van der Waals surface area contributed by atoms with Gasteiger partial charge < -0.3 is 10.5 Å². The van der Waals surface area contributed by atoms with Crippen LogP contribution in [0.4, 0.5) is 5.82 Å². The van der Waals surface area contributed by atoms with E-state index in [1.165, 1.54) is 4.68 Å². The lowest BCUT2D eigenvalue weighted by Gasteiger charge is -2.15. The molecule has 0 saturated heterocycles. The number of anilines is 1. The summed E-state index contributed by atoms with van der Waals surface area (Å²) in [7, 11) is 0. The van der Waals surface area contributed by atoms with E-state index >= 15 is 0 Å². The Morgan fingerprint density at radius 1 is 1.53 bits per heavy atom. The van der Waals surface area contributed by atoms with E-state index in [1.807, 2.05) is 20.8 Å². The van der Waals surface area contributed by atoms with E-state index in [9.17, 15) is 4.79 Å². The van der Waals surface area contributed by atoms with Crippen LogP contribution in [0.1, 0.15) is 33.4 Å². The van der Waals surface area contributed by atoms with Crippen LogP contribution in [0.2, 0.25) is 0 Å². The van der Waals surface area contributed by atoms with Gasteiger partial charge in [-0.1, -0.05) is 20.8 Å². The molecule has 5 nitrogen and oxygen atoms in total. The Morgan fingerprint density at radius 2 is 2.12 bits per heavy atom. The van der Waals surface area contributed by atoms with Crippen LogP contribution < -0.4 is 5.73 Å². The Balaban J connectivity index is 3.00. The molecule has 0 saturated carbocycles. The molecule has 6 heteroatoms. The van der Waals surface area contributed by atoms with Gasteiger partial charge >= 0.3 is 5.97 Å². The lowest BCUT2D eigenvalue weighted by molar-refractivity contribution is -0.144. The second kappa shape index (κ2) is 5.08. The topological polar surface area (TPSA) is 70.1 Å². The van der Waals surface area contributed by atoms with E-state index < -0.39 is 0 Å². The average molecular weight is 304 g/mol. The smallest absolute Gasteiger partial charge is 0.327 e. The zero-order chi connectivity index (χ0) is 13.2. The van der Waals surface area contributed by atoms with Crippen LogP contribution in [0.3, 0.4) is 0 Å². The van der Waals surface area contributed by atoms with Crippen LogP contribution in [0.15, 0.2) is 4.47 Å². The van der Waals surface area contributed by atoms with Gasteiger partial charge in [-0.25, -0.2) is 4.68 Å². The van der Waals surface area contributed by atoms with Gasteiger partial charge in [-0.05, 0) is 22.9 Å². The summed E-state index contributed by atoms with van der Waals surface area (Å²) in [5, 5.41) is 4.35. The molecule has 0 atom stereocenters. The molecule has 0 aliphatic carbocycles. The molecule has 2 N–H and O–H groups in total. The second-order valence-corrected chi connectivity index (χ2v) is 5.55. The molecule has 0 aliphatic heterocycles. The first-order valence-electron chi connectivity index (χ1n) is 5.45. The fraction of sp³-hybridized carbons (Fsp3) is 0.636. The van der Waals surface area contributed by atoms with Gasteiger partial charge in [0.2, 0.25) is 0 Å². The van der Waals surface area contributed by atoms with Crippen molar-refractivity contribution in [2.45, 2.75) is 39.7 Å². The van der Waals surface area contributed by atoms with Crippen molar-refractivity contribution in [1.29, 1.82) is 0 Å². The van der Waals surface area contributed by atoms with Crippen LogP contribution in [-0.2, 0) is 21.5 Å². The lowest BCUT2D eigenvalue weighted by atomic mass is 9.92. The van der Waals surface area contributed by atoms with Gasteiger partial charge in [0, 0.05) is 5.41 Å². The second-order valence-electron chi connectivity index (χ2n) is 4.76. The monoisotopic (exact) mass is 303 g/mol. The van der Waals surface area contributed by atoms with Crippen molar-refractivity contribution >= 4 is 27.7 Å². The number of ether oxygens (including phenoxy) is 1. The fourth-order valence-electron chi connectivity index (χ4n) is 1.38. The van der Waals surface area contributed by atoms with Gasteiger partial charge in [0.15, 0.2) is 0 Å².